The van der Waals surface area contributed by atoms with E-state index in [2.05, 4.69) is 10.0 Å². The van der Waals surface area contributed by atoms with Crippen molar-refractivity contribution < 1.29 is 42.9 Å². The predicted molar refractivity (Wildman–Crippen MR) is 136 cm³/mol. The highest BCUT2D eigenvalue weighted by Crippen LogP contribution is 2.34. The Balaban J connectivity index is 3.67. The van der Waals surface area contributed by atoms with E-state index in [1.54, 1.807) is 83.1 Å². The second-order valence-corrected chi connectivity index (χ2v) is 13.5. The third kappa shape index (κ3) is 9.16. The van der Waals surface area contributed by atoms with Crippen molar-refractivity contribution in [3.8, 4) is 0 Å². The van der Waals surface area contributed by atoms with Gasteiger partial charge in [-0.2, -0.15) is 0 Å². The fraction of sp³-hybridized carbons (Fsp3) is 0.846. The fourth-order valence-corrected chi connectivity index (χ4v) is 2.85. The molecule has 216 valence electrons. The molecule has 1 heterocycles. The Kier molecular flexibility index (Phi) is 10.4. The lowest BCUT2D eigenvalue weighted by Crippen LogP contribution is -2.63. The van der Waals surface area contributed by atoms with Crippen LogP contribution in [0.4, 0.5) is 0 Å². The molecular formula is C26H43N3O9. The summed E-state index contributed by atoms with van der Waals surface area (Å²) < 4.78 is 28.6. The van der Waals surface area contributed by atoms with Crippen LogP contribution in [0.5, 0.6) is 0 Å². The number of azide groups is 1. The zero-order valence-electron chi connectivity index (χ0n) is 24.6. The molecule has 0 bridgehead atoms. The van der Waals surface area contributed by atoms with Crippen LogP contribution in [0, 0.1) is 21.7 Å². The summed E-state index contributed by atoms with van der Waals surface area (Å²) in [6.07, 6.45) is -6.97. The van der Waals surface area contributed by atoms with Crippen molar-refractivity contribution in [2.24, 2.45) is 26.8 Å². The highest BCUT2D eigenvalue weighted by Gasteiger charge is 2.54. The molecule has 1 saturated heterocycles. The number of carbonyl (C=O) groups excluding carboxylic acids is 4. The summed E-state index contributed by atoms with van der Waals surface area (Å²) in [6, 6.07) is 0. The number of hydrogen-bond acceptors (Lipinski definition) is 10. The zero-order chi connectivity index (χ0) is 29.9. The van der Waals surface area contributed by atoms with Crippen molar-refractivity contribution in [1.82, 2.24) is 0 Å². The summed E-state index contributed by atoms with van der Waals surface area (Å²) >= 11 is 0. The maximum Gasteiger partial charge on any atom is 0.311 e. The Hall–Kier alpha value is -2.85. The number of nitrogens with zero attached hydrogens (tertiary/aromatic N) is 3. The van der Waals surface area contributed by atoms with E-state index >= 15 is 0 Å². The van der Waals surface area contributed by atoms with E-state index in [1.165, 1.54) is 0 Å². The Bertz CT molecular complexity index is 945. The molecule has 12 nitrogen and oxygen atoms in total. The quantitative estimate of drug-likeness (QED) is 0.155. The van der Waals surface area contributed by atoms with E-state index in [0.717, 1.165) is 0 Å². The van der Waals surface area contributed by atoms with E-state index in [4.69, 9.17) is 23.7 Å². The van der Waals surface area contributed by atoms with Crippen LogP contribution in [0.15, 0.2) is 5.11 Å². The van der Waals surface area contributed by atoms with E-state index in [9.17, 15) is 24.7 Å². The van der Waals surface area contributed by atoms with Crippen LogP contribution in [0.1, 0.15) is 83.1 Å². The minimum absolute atomic E-state index is 0.418. The summed E-state index contributed by atoms with van der Waals surface area (Å²) in [5.74, 6) is -2.62. The van der Waals surface area contributed by atoms with Gasteiger partial charge >= 0.3 is 23.9 Å². The van der Waals surface area contributed by atoms with Gasteiger partial charge in [0, 0.05) is 4.91 Å². The lowest BCUT2D eigenvalue weighted by atomic mass is 9.92. The summed E-state index contributed by atoms with van der Waals surface area (Å²) in [4.78, 5) is 54.2. The summed E-state index contributed by atoms with van der Waals surface area (Å²) in [7, 11) is 0. The van der Waals surface area contributed by atoms with Gasteiger partial charge in [-0.1, -0.05) is 5.11 Å². The third-order valence-corrected chi connectivity index (χ3v) is 5.33. The summed E-state index contributed by atoms with van der Waals surface area (Å²) in [5, 5.41) is 3.62. The van der Waals surface area contributed by atoms with Crippen molar-refractivity contribution in [1.29, 1.82) is 0 Å². The Morgan fingerprint density at radius 3 is 1.39 bits per heavy atom. The zero-order valence-corrected chi connectivity index (χ0v) is 24.6. The molecule has 1 rings (SSSR count). The molecule has 1 fully saturated rings. The maximum absolute atomic E-state index is 13.0. The lowest BCUT2D eigenvalue weighted by molar-refractivity contribution is -0.259. The van der Waals surface area contributed by atoms with E-state index in [0.29, 0.717) is 0 Å². The molecule has 0 aliphatic carbocycles. The number of hydrogen-bond donors (Lipinski definition) is 0. The van der Waals surface area contributed by atoms with Crippen molar-refractivity contribution >= 4 is 23.9 Å². The Morgan fingerprint density at radius 1 is 0.658 bits per heavy atom. The Labute approximate surface area is 224 Å². The molecule has 12 heteroatoms. The number of carbonyl (C=O) groups is 4. The molecule has 1 aliphatic heterocycles. The molecule has 0 aromatic rings. The second-order valence-electron chi connectivity index (χ2n) is 13.5. The lowest BCUT2D eigenvalue weighted by Gasteiger charge is -2.45. The summed E-state index contributed by atoms with van der Waals surface area (Å²) in [5.41, 5.74) is 5.44. The number of ether oxygens (including phenoxy) is 5. The normalized spacial score (nSPS) is 24.5. The van der Waals surface area contributed by atoms with Crippen molar-refractivity contribution in [2.75, 3.05) is 6.61 Å². The molecule has 0 N–H and O–H groups in total. The van der Waals surface area contributed by atoms with Gasteiger partial charge in [-0.15, -0.1) is 0 Å². The standard InChI is InChI=1S/C26H43N3O9/c1-23(2,3)19(30)34-13-14-15(36-20(31)24(4,5)6)16(37-21(32)25(7,8)9)17(18(35-14)28-29-27)38-22(33)26(10,11)12/h14-18H,13H2,1-12H3/t14-,15-,16-,17+,18-/m0/s1. The van der Waals surface area contributed by atoms with E-state index < -0.39 is 82.8 Å². The number of rotatable bonds is 6. The topological polar surface area (TPSA) is 163 Å². The molecule has 5 atom stereocenters. The minimum Gasteiger partial charge on any atom is -0.462 e. The second kappa shape index (κ2) is 11.9. The monoisotopic (exact) mass is 541 g/mol. The molecular weight excluding hydrogens is 498 g/mol. The van der Waals surface area contributed by atoms with Crippen LogP contribution in [0.25, 0.3) is 10.4 Å². The van der Waals surface area contributed by atoms with E-state index in [-0.39, 0.29) is 0 Å². The van der Waals surface area contributed by atoms with Gasteiger partial charge < -0.3 is 23.7 Å². The molecule has 38 heavy (non-hydrogen) atoms. The third-order valence-electron chi connectivity index (χ3n) is 5.33. The van der Waals surface area contributed by atoms with Crippen molar-refractivity contribution in [2.45, 2.75) is 114 Å². The van der Waals surface area contributed by atoms with Gasteiger partial charge in [0.1, 0.15) is 12.7 Å². The van der Waals surface area contributed by atoms with Gasteiger partial charge in [-0.05, 0) is 88.6 Å². The molecule has 0 unspecified atom stereocenters. The Morgan fingerprint density at radius 2 is 1.03 bits per heavy atom. The van der Waals surface area contributed by atoms with Crippen LogP contribution in [-0.4, -0.2) is 61.1 Å². The van der Waals surface area contributed by atoms with Gasteiger partial charge in [0.15, 0.2) is 24.5 Å². The van der Waals surface area contributed by atoms with Crippen LogP contribution in [0.3, 0.4) is 0 Å². The predicted octanol–water partition coefficient (Wildman–Crippen LogP) is 4.48. The van der Waals surface area contributed by atoms with Crippen LogP contribution < -0.4 is 0 Å². The first-order valence-corrected chi connectivity index (χ1v) is 12.5. The molecule has 0 amide bonds. The average molecular weight is 542 g/mol. The number of esters is 4. The largest absolute Gasteiger partial charge is 0.462 e. The first-order valence-electron chi connectivity index (χ1n) is 12.5. The molecule has 0 radical (unpaired) electrons. The first-order chi connectivity index (χ1) is 17.0. The highest BCUT2D eigenvalue weighted by atomic mass is 16.7. The smallest absolute Gasteiger partial charge is 0.311 e. The van der Waals surface area contributed by atoms with Crippen LogP contribution >= 0.6 is 0 Å². The van der Waals surface area contributed by atoms with Gasteiger partial charge in [-0.25, -0.2) is 0 Å². The fourth-order valence-electron chi connectivity index (χ4n) is 2.85. The average Bonchev–Trinajstić information content (AvgIpc) is 2.73. The van der Waals surface area contributed by atoms with Gasteiger partial charge in [0.25, 0.3) is 0 Å². The first kappa shape index (κ1) is 33.2. The maximum atomic E-state index is 13.0. The molecule has 1 aliphatic rings. The molecule has 0 aromatic carbocycles. The van der Waals surface area contributed by atoms with Crippen molar-refractivity contribution in [3.05, 3.63) is 10.4 Å². The highest BCUT2D eigenvalue weighted by molar-refractivity contribution is 5.78. The molecule has 0 saturated carbocycles. The van der Waals surface area contributed by atoms with Gasteiger partial charge in [0.2, 0.25) is 0 Å². The molecule has 0 aromatic heterocycles. The van der Waals surface area contributed by atoms with E-state index in [1.807, 2.05) is 0 Å². The summed E-state index contributed by atoms with van der Waals surface area (Å²) in [6.45, 7) is 19.2. The molecule has 0 spiro atoms. The van der Waals surface area contributed by atoms with Gasteiger partial charge in [0.05, 0.1) is 21.7 Å². The minimum atomic E-state index is -1.48. The van der Waals surface area contributed by atoms with Crippen LogP contribution in [-0.2, 0) is 42.9 Å². The van der Waals surface area contributed by atoms with Crippen molar-refractivity contribution in [3.63, 3.8) is 0 Å². The van der Waals surface area contributed by atoms with Crippen LogP contribution in [0.2, 0.25) is 0 Å². The SMILES string of the molecule is CC(C)(C)C(=O)OC[C@@H]1O[C@H](N=[N+]=[N-])[C@H](OC(=O)C(C)(C)C)[C@@H](OC(=O)C(C)(C)C)[C@H]1OC(=O)C(C)(C)C. The van der Waals surface area contributed by atoms with Gasteiger partial charge in [-0.3, -0.25) is 19.2 Å².